The van der Waals surface area contributed by atoms with Crippen LogP contribution in [0.3, 0.4) is 0 Å². The molecule has 168 valence electrons. The number of benzene rings is 3. The third-order valence-corrected chi connectivity index (χ3v) is 7.19. The number of methoxy groups -OCH3 is 1. The summed E-state index contributed by atoms with van der Waals surface area (Å²) in [4.78, 5) is 21.0. The number of ether oxygens (including phenoxy) is 1. The normalized spacial score (nSPS) is 16.1. The quantitative estimate of drug-likeness (QED) is 0.318. The van der Waals surface area contributed by atoms with Crippen molar-refractivity contribution in [2.45, 2.75) is 26.7 Å². The molecule has 0 radical (unpaired) electrons. The van der Waals surface area contributed by atoms with E-state index in [1.807, 2.05) is 60.7 Å². The maximum Gasteiger partial charge on any atom is 0.271 e. The van der Waals surface area contributed by atoms with E-state index < -0.39 is 0 Å². The molecule has 4 rings (SSSR count). The number of hydrogen-bond donors (Lipinski definition) is 0. The summed E-state index contributed by atoms with van der Waals surface area (Å²) in [5.74, 6) is 0.655. The Morgan fingerprint density at radius 3 is 2.42 bits per heavy atom. The van der Waals surface area contributed by atoms with Crippen molar-refractivity contribution in [1.82, 2.24) is 0 Å². The Kier molecular flexibility index (Phi) is 7.36. The van der Waals surface area contributed by atoms with E-state index in [9.17, 15) is 4.79 Å². The van der Waals surface area contributed by atoms with Crippen LogP contribution in [0.5, 0.6) is 5.75 Å². The summed E-state index contributed by atoms with van der Waals surface area (Å²) in [6.07, 6.45) is 3.59. The topological polar surface area (TPSA) is 41.9 Å². The maximum atomic E-state index is 13.7. The van der Waals surface area contributed by atoms with Crippen molar-refractivity contribution in [3.05, 3.63) is 92.8 Å². The molecular formula is C27H25BrN2O2S. The minimum absolute atomic E-state index is 0.0802. The molecule has 0 saturated carbocycles. The first-order chi connectivity index (χ1) is 16.0. The molecule has 1 saturated heterocycles. The van der Waals surface area contributed by atoms with E-state index in [4.69, 9.17) is 9.73 Å². The average molecular weight is 521 g/mol. The Morgan fingerprint density at radius 2 is 1.70 bits per heavy atom. The molecule has 0 aliphatic carbocycles. The van der Waals surface area contributed by atoms with Gasteiger partial charge in [-0.15, -0.1) is 0 Å². The molecule has 1 heterocycles. The number of aryl methyl sites for hydroxylation is 2. The third kappa shape index (κ3) is 4.92. The van der Waals surface area contributed by atoms with Crippen molar-refractivity contribution in [1.29, 1.82) is 0 Å². The Labute approximate surface area is 207 Å². The summed E-state index contributed by atoms with van der Waals surface area (Å²) in [5, 5.41) is 0.659. The van der Waals surface area contributed by atoms with Crippen molar-refractivity contribution in [2.24, 2.45) is 4.99 Å². The van der Waals surface area contributed by atoms with E-state index in [2.05, 4.69) is 41.9 Å². The Bertz CT molecular complexity index is 1250. The zero-order chi connectivity index (χ0) is 23.4. The highest BCUT2D eigenvalue weighted by Gasteiger charge is 2.36. The second kappa shape index (κ2) is 10.4. The van der Waals surface area contributed by atoms with Gasteiger partial charge in [0.1, 0.15) is 5.75 Å². The van der Waals surface area contributed by atoms with E-state index in [0.717, 1.165) is 51.1 Å². The number of amidine groups is 1. The number of rotatable bonds is 6. The van der Waals surface area contributed by atoms with Crippen LogP contribution in [0.4, 0.5) is 11.4 Å². The molecule has 1 aliphatic heterocycles. The van der Waals surface area contributed by atoms with Crippen LogP contribution in [0.15, 0.2) is 81.1 Å². The lowest BCUT2D eigenvalue weighted by molar-refractivity contribution is -0.113. The largest absolute Gasteiger partial charge is 0.497 e. The van der Waals surface area contributed by atoms with Gasteiger partial charge in [-0.3, -0.25) is 9.69 Å². The average Bonchev–Trinajstić information content (AvgIpc) is 3.14. The van der Waals surface area contributed by atoms with Crippen LogP contribution < -0.4 is 9.64 Å². The van der Waals surface area contributed by atoms with E-state index >= 15 is 0 Å². The van der Waals surface area contributed by atoms with Crippen molar-refractivity contribution < 1.29 is 9.53 Å². The standard InChI is InChI=1S/C27H25BrN2O2S/c1-4-18-10-6-8-12-23(18)29-27-30(24-13-9-7-11-19(24)5-2)26(31)25(33-27)17-20-16-21(32-3)14-15-22(20)28/h6-17H,4-5H2,1-3H3. The molecular weight excluding hydrogens is 496 g/mol. The Balaban J connectivity index is 1.85. The molecule has 6 heteroatoms. The number of carbonyl (C=O) groups is 1. The first kappa shape index (κ1) is 23.3. The van der Waals surface area contributed by atoms with Gasteiger partial charge in [-0.05, 0) is 77.7 Å². The SMILES string of the molecule is CCc1ccccc1N=C1SC(=Cc2cc(OC)ccc2Br)C(=O)N1c1ccccc1CC. The zero-order valence-electron chi connectivity index (χ0n) is 18.8. The van der Waals surface area contributed by atoms with Crippen LogP contribution in [0.1, 0.15) is 30.5 Å². The fraction of sp³-hybridized carbons (Fsp3) is 0.185. The molecule has 0 aromatic heterocycles. The second-order valence-electron chi connectivity index (χ2n) is 7.50. The van der Waals surface area contributed by atoms with Gasteiger partial charge in [0.05, 0.1) is 23.4 Å². The molecule has 0 atom stereocenters. The number of nitrogens with zero attached hydrogens (tertiary/aromatic N) is 2. The molecule has 3 aromatic carbocycles. The lowest BCUT2D eigenvalue weighted by Gasteiger charge is -2.19. The molecule has 0 spiro atoms. The van der Waals surface area contributed by atoms with Crippen LogP contribution in [-0.2, 0) is 17.6 Å². The van der Waals surface area contributed by atoms with Crippen molar-refractivity contribution >= 4 is 56.2 Å². The highest BCUT2D eigenvalue weighted by atomic mass is 79.9. The van der Waals surface area contributed by atoms with Gasteiger partial charge in [0.2, 0.25) is 0 Å². The summed E-state index contributed by atoms with van der Waals surface area (Å²) in [6, 6.07) is 21.8. The number of hydrogen-bond acceptors (Lipinski definition) is 4. The molecule has 0 N–H and O–H groups in total. The lowest BCUT2D eigenvalue weighted by Crippen LogP contribution is -2.29. The van der Waals surface area contributed by atoms with Gasteiger partial charge in [-0.25, -0.2) is 4.99 Å². The van der Waals surface area contributed by atoms with E-state index in [0.29, 0.717) is 10.1 Å². The molecule has 0 bridgehead atoms. The van der Waals surface area contributed by atoms with E-state index in [1.54, 1.807) is 12.0 Å². The Hall–Kier alpha value is -2.83. The van der Waals surface area contributed by atoms with E-state index in [-0.39, 0.29) is 5.91 Å². The predicted molar refractivity (Wildman–Crippen MR) is 142 cm³/mol. The number of carbonyl (C=O) groups excluding carboxylic acids is 1. The number of thioether (sulfide) groups is 1. The number of anilines is 1. The minimum Gasteiger partial charge on any atom is -0.497 e. The van der Waals surface area contributed by atoms with E-state index in [1.165, 1.54) is 11.8 Å². The Morgan fingerprint density at radius 1 is 1.00 bits per heavy atom. The highest BCUT2D eigenvalue weighted by molar-refractivity contribution is 9.10. The molecule has 3 aromatic rings. The van der Waals surface area contributed by atoms with Gasteiger partial charge >= 0.3 is 0 Å². The predicted octanol–water partition coefficient (Wildman–Crippen LogP) is 7.39. The van der Waals surface area contributed by atoms with Gasteiger partial charge in [-0.2, -0.15) is 0 Å². The third-order valence-electron chi connectivity index (χ3n) is 5.50. The maximum absolute atomic E-state index is 13.7. The second-order valence-corrected chi connectivity index (χ2v) is 9.36. The summed E-state index contributed by atoms with van der Waals surface area (Å²) < 4.78 is 6.27. The molecule has 1 fully saturated rings. The molecule has 0 unspecified atom stereocenters. The summed E-state index contributed by atoms with van der Waals surface area (Å²) in [7, 11) is 1.63. The summed E-state index contributed by atoms with van der Waals surface area (Å²) in [5.41, 5.74) is 4.89. The zero-order valence-corrected chi connectivity index (χ0v) is 21.2. The molecule has 1 aliphatic rings. The van der Waals surface area contributed by atoms with Crippen LogP contribution >= 0.6 is 27.7 Å². The monoisotopic (exact) mass is 520 g/mol. The van der Waals surface area contributed by atoms with Crippen LogP contribution in [0.25, 0.3) is 6.08 Å². The molecule has 4 nitrogen and oxygen atoms in total. The van der Waals surface area contributed by atoms with Gasteiger partial charge in [0, 0.05) is 4.47 Å². The fourth-order valence-electron chi connectivity index (χ4n) is 3.71. The van der Waals surface area contributed by atoms with Gasteiger partial charge < -0.3 is 4.74 Å². The van der Waals surface area contributed by atoms with Crippen LogP contribution in [-0.4, -0.2) is 18.2 Å². The number of halogens is 1. The summed E-state index contributed by atoms with van der Waals surface area (Å²) >= 11 is 4.99. The first-order valence-electron chi connectivity index (χ1n) is 10.9. The minimum atomic E-state index is -0.0802. The number of para-hydroxylation sites is 2. The van der Waals surface area contributed by atoms with Gasteiger partial charge in [0.15, 0.2) is 5.17 Å². The van der Waals surface area contributed by atoms with Crippen molar-refractivity contribution in [2.75, 3.05) is 12.0 Å². The lowest BCUT2D eigenvalue weighted by atomic mass is 10.1. The molecule has 1 amide bonds. The van der Waals surface area contributed by atoms with Crippen molar-refractivity contribution in [3.8, 4) is 5.75 Å². The van der Waals surface area contributed by atoms with Crippen LogP contribution in [0, 0.1) is 0 Å². The smallest absolute Gasteiger partial charge is 0.271 e. The van der Waals surface area contributed by atoms with Crippen molar-refractivity contribution in [3.63, 3.8) is 0 Å². The van der Waals surface area contributed by atoms with Gasteiger partial charge in [0.25, 0.3) is 5.91 Å². The summed E-state index contributed by atoms with van der Waals surface area (Å²) in [6.45, 7) is 4.21. The fourth-order valence-corrected chi connectivity index (χ4v) is 5.05. The number of amides is 1. The highest BCUT2D eigenvalue weighted by Crippen LogP contribution is 2.40. The van der Waals surface area contributed by atoms with Crippen LogP contribution in [0.2, 0.25) is 0 Å². The number of aliphatic imine (C=N–C) groups is 1. The first-order valence-corrected chi connectivity index (χ1v) is 12.5. The van der Waals surface area contributed by atoms with Gasteiger partial charge in [-0.1, -0.05) is 66.2 Å². The molecule has 33 heavy (non-hydrogen) atoms.